The third kappa shape index (κ3) is 6.87. The number of carbonyl (C=O) groups is 1. The molecule has 2 aromatic heterocycles. The average Bonchev–Trinajstić information content (AvgIpc) is 3.34. The Morgan fingerprint density at radius 2 is 1.68 bits per heavy atom. The van der Waals surface area contributed by atoms with Crippen molar-refractivity contribution in [3.63, 3.8) is 0 Å². The molecular formula is C32H38N5O6P. The molecule has 3 N–H and O–H groups in total. The van der Waals surface area contributed by atoms with Crippen LogP contribution in [0.5, 0.6) is 5.75 Å². The lowest BCUT2D eigenvalue weighted by Gasteiger charge is -2.27. The molecule has 0 amide bonds. The second-order valence-electron chi connectivity index (χ2n) is 10.8. The fourth-order valence-electron chi connectivity index (χ4n) is 5.04. The first-order chi connectivity index (χ1) is 21.1. The number of nitrogens with one attached hydrogen (secondary N) is 1. The van der Waals surface area contributed by atoms with Gasteiger partial charge in [0.05, 0.1) is 29.8 Å². The minimum atomic E-state index is -4.18. The molecule has 0 saturated heterocycles. The average molecular weight is 620 g/mol. The number of imidazole rings is 1. The molecule has 0 bridgehead atoms. The number of benzene rings is 3. The maximum Gasteiger partial charge on any atom is 0.459 e. The number of fused-ring (bicyclic) bond motifs is 4. The second-order valence-corrected chi connectivity index (χ2v) is 12.5. The predicted octanol–water partition coefficient (Wildman–Crippen LogP) is 6.38. The normalized spacial score (nSPS) is 14.6. The molecule has 0 aliphatic carbocycles. The summed E-state index contributed by atoms with van der Waals surface area (Å²) in [7, 11) is -4.18. The molecule has 0 saturated carbocycles. The van der Waals surface area contributed by atoms with E-state index >= 15 is 0 Å². The fourth-order valence-corrected chi connectivity index (χ4v) is 6.73. The van der Waals surface area contributed by atoms with Crippen molar-refractivity contribution in [1.82, 2.24) is 19.6 Å². The van der Waals surface area contributed by atoms with Crippen molar-refractivity contribution in [1.29, 1.82) is 0 Å². The van der Waals surface area contributed by atoms with Crippen molar-refractivity contribution >= 4 is 52.2 Å². The third-order valence-electron chi connectivity index (χ3n) is 6.91. The lowest BCUT2D eigenvalue weighted by Crippen LogP contribution is -2.37. The quantitative estimate of drug-likeness (QED) is 0.113. The number of ether oxygens (including phenoxy) is 2. The predicted molar refractivity (Wildman–Crippen MR) is 171 cm³/mol. The zero-order chi connectivity index (χ0) is 31.4. The van der Waals surface area contributed by atoms with Gasteiger partial charge >= 0.3 is 13.7 Å². The molecule has 44 heavy (non-hydrogen) atoms. The van der Waals surface area contributed by atoms with Crippen LogP contribution >= 0.6 is 7.75 Å². The number of nitrogens with two attached hydrogens (primary N) is 1. The van der Waals surface area contributed by atoms with Crippen molar-refractivity contribution < 1.29 is 27.9 Å². The second kappa shape index (κ2) is 13.3. The number of carbonyl (C=O) groups excluding carboxylic acids is 1. The van der Waals surface area contributed by atoms with E-state index in [4.69, 9.17) is 29.2 Å². The van der Waals surface area contributed by atoms with Crippen LogP contribution < -0.4 is 15.3 Å². The molecule has 2 heterocycles. The van der Waals surface area contributed by atoms with Gasteiger partial charge in [-0.2, -0.15) is 5.09 Å². The molecule has 0 aliphatic heterocycles. The van der Waals surface area contributed by atoms with Crippen LogP contribution in [0.2, 0.25) is 0 Å². The van der Waals surface area contributed by atoms with Crippen molar-refractivity contribution in [2.24, 2.45) is 0 Å². The van der Waals surface area contributed by atoms with Gasteiger partial charge in [-0.25, -0.2) is 14.5 Å². The minimum Gasteiger partial charge on any atom is -0.462 e. The van der Waals surface area contributed by atoms with Gasteiger partial charge in [0, 0.05) is 17.4 Å². The highest BCUT2D eigenvalue weighted by atomic mass is 31.2. The monoisotopic (exact) mass is 619 g/mol. The Morgan fingerprint density at radius 1 is 0.977 bits per heavy atom. The number of esters is 1. The van der Waals surface area contributed by atoms with Gasteiger partial charge in [-0.05, 0) is 52.1 Å². The van der Waals surface area contributed by atoms with Crippen LogP contribution in [0.25, 0.3) is 32.7 Å². The fraction of sp³-hybridized carbons (Fsp3) is 0.344. The maximum absolute atomic E-state index is 14.5. The lowest BCUT2D eigenvalue weighted by molar-refractivity contribution is -0.149. The molecule has 0 unspecified atom stereocenters. The van der Waals surface area contributed by atoms with Gasteiger partial charge in [-0.1, -0.05) is 54.6 Å². The Labute approximate surface area is 256 Å². The Kier molecular flexibility index (Phi) is 9.51. The van der Waals surface area contributed by atoms with Crippen molar-refractivity contribution in [2.75, 3.05) is 12.3 Å². The summed E-state index contributed by atoms with van der Waals surface area (Å²) in [5.74, 6) is 0.694. The molecule has 11 nitrogen and oxygen atoms in total. The number of rotatable bonds is 13. The lowest BCUT2D eigenvalue weighted by atomic mass is 10.1. The summed E-state index contributed by atoms with van der Waals surface area (Å²) >= 11 is 0. The number of aromatic nitrogens is 3. The Bertz CT molecular complexity index is 1840. The van der Waals surface area contributed by atoms with Crippen LogP contribution in [-0.4, -0.2) is 45.4 Å². The topological polar surface area (TPSA) is 140 Å². The summed E-state index contributed by atoms with van der Waals surface area (Å²) in [6, 6.07) is 19.7. The molecule has 232 valence electrons. The van der Waals surface area contributed by atoms with Crippen LogP contribution in [0.1, 0.15) is 40.4 Å². The molecular weight excluding hydrogens is 581 g/mol. The zero-order valence-corrected chi connectivity index (χ0v) is 26.4. The zero-order valence-electron chi connectivity index (χ0n) is 25.5. The number of pyridine rings is 1. The number of nitrogen functional groups attached to an aromatic ring is 1. The Hall–Kier alpha value is -4.02. The van der Waals surface area contributed by atoms with Gasteiger partial charge in [-0.15, -0.1) is 0 Å². The molecule has 12 heteroatoms. The largest absolute Gasteiger partial charge is 0.462 e. The van der Waals surface area contributed by atoms with Gasteiger partial charge in [0.25, 0.3) is 0 Å². The van der Waals surface area contributed by atoms with E-state index in [0.29, 0.717) is 29.5 Å². The van der Waals surface area contributed by atoms with E-state index < -0.39 is 25.9 Å². The SMILES string of the molecule is CCOCc1nc2c(N)nc3ccccc3c2n1C[C@@H](C)O[P@@](=O)(N[C@@H](C)C(=O)OC(C)C)Oc1cccc2ccccc12. The third-order valence-corrected chi connectivity index (χ3v) is 8.69. The number of hydrogen-bond acceptors (Lipinski definition) is 9. The molecule has 0 aliphatic rings. The smallest absolute Gasteiger partial charge is 0.459 e. The molecule has 5 rings (SSSR count). The molecule has 0 spiro atoms. The van der Waals surface area contributed by atoms with Gasteiger partial charge < -0.3 is 24.3 Å². The summed E-state index contributed by atoms with van der Waals surface area (Å²) < 4.78 is 39.9. The van der Waals surface area contributed by atoms with Gasteiger partial charge in [0.15, 0.2) is 5.82 Å². The van der Waals surface area contributed by atoms with Crippen molar-refractivity contribution in [3.05, 3.63) is 72.6 Å². The van der Waals surface area contributed by atoms with Gasteiger partial charge in [0.1, 0.15) is 29.7 Å². The molecule has 5 aromatic rings. The highest BCUT2D eigenvalue weighted by molar-refractivity contribution is 7.52. The van der Waals surface area contributed by atoms with Crippen LogP contribution in [0.4, 0.5) is 5.82 Å². The van der Waals surface area contributed by atoms with E-state index in [1.165, 1.54) is 0 Å². The van der Waals surface area contributed by atoms with E-state index in [9.17, 15) is 9.36 Å². The van der Waals surface area contributed by atoms with E-state index in [1.54, 1.807) is 33.8 Å². The van der Waals surface area contributed by atoms with E-state index in [0.717, 1.165) is 27.2 Å². The highest BCUT2D eigenvalue weighted by Crippen LogP contribution is 2.48. The van der Waals surface area contributed by atoms with Crippen LogP contribution in [-0.2, 0) is 36.5 Å². The van der Waals surface area contributed by atoms with Crippen LogP contribution in [0, 0.1) is 0 Å². The molecule has 0 fully saturated rings. The molecule has 0 radical (unpaired) electrons. The van der Waals surface area contributed by atoms with E-state index in [2.05, 4.69) is 10.1 Å². The van der Waals surface area contributed by atoms with Crippen LogP contribution in [0.15, 0.2) is 66.7 Å². The number of nitrogens with zero attached hydrogens (tertiary/aromatic N) is 3. The first kappa shape index (κ1) is 31.4. The maximum atomic E-state index is 14.5. The summed E-state index contributed by atoms with van der Waals surface area (Å²) in [5, 5.41) is 5.32. The summed E-state index contributed by atoms with van der Waals surface area (Å²) in [5.41, 5.74) is 8.37. The standard InChI is InChI=1S/C32H38N5O6P/c1-6-40-19-28-35-29-30(25-15-9-10-16-26(25)34-31(29)33)37(28)18-21(4)42-44(39,36-22(5)32(38)41-20(2)3)43-27-17-11-13-23-12-7-8-14-24(23)27/h7-17,20-22H,6,18-19H2,1-5H3,(H2,33,34)(H,36,39)/t21-,22+,44+/m1/s1. The Morgan fingerprint density at radius 3 is 2.43 bits per heavy atom. The summed E-state index contributed by atoms with van der Waals surface area (Å²) in [4.78, 5) is 22.0. The van der Waals surface area contributed by atoms with Crippen LogP contribution in [0.3, 0.4) is 0 Å². The molecule has 3 aromatic carbocycles. The summed E-state index contributed by atoms with van der Waals surface area (Å²) in [6.45, 7) is 9.68. The number of anilines is 1. The number of para-hydroxylation sites is 1. The van der Waals surface area contributed by atoms with Gasteiger partial charge in [-0.3, -0.25) is 9.32 Å². The van der Waals surface area contributed by atoms with Gasteiger partial charge in [0.2, 0.25) is 0 Å². The van der Waals surface area contributed by atoms with E-state index in [-0.39, 0.29) is 19.3 Å². The van der Waals surface area contributed by atoms with Crippen molar-refractivity contribution in [3.8, 4) is 5.75 Å². The minimum absolute atomic E-state index is 0.224. The highest BCUT2D eigenvalue weighted by Gasteiger charge is 2.35. The number of hydrogen-bond donors (Lipinski definition) is 2. The summed E-state index contributed by atoms with van der Waals surface area (Å²) in [6.07, 6.45) is -1.04. The Balaban J connectivity index is 1.52. The van der Waals surface area contributed by atoms with Crippen molar-refractivity contribution in [2.45, 2.75) is 66.0 Å². The first-order valence-corrected chi connectivity index (χ1v) is 16.2. The first-order valence-electron chi connectivity index (χ1n) is 14.6. The molecule has 3 atom stereocenters. The van der Waals surface area contributed by atoms with E-state index in [1.807, 2.05) is 72.2 Å².